The first-order chi connectivity index (χ1) is 13.6. The lowest BCUT2D eigenvalue weighted by atomic mass is 10.2. The average molecular weight is 640 g/mol. The lowest BCUT2D eigenvalue weighted by molar-refractivity contribution is -0.123. The summed E-state index contributed by atoms with van der Waals surface area (Å²) in [6.07, 6.45) is 1.60. The molecule has 0 unspecified atom stereocenters. The molecule has 148 valence electrons. The summed E-state index contributed by atoms with van der Waals surface area (Å²) >= 11 is 8.35. The second-order valence-electron chi connectivity index (χ2n) is 5.74. The molecule has 1 aliphatic rings. The van der Waals surface area contributed by atoms with Gasteiger partial charge in [-0.15, -0.1) is 23.5 Å². The Kier molecular flexibility index (Phi) is 8.60. The molecule has 0 radical (unpaired) electrons. The zero-order valence-corrected chi connectivity index (χ0v) is 20.9. The van der Waals surface area contributed by atoms with Gasteiger partial charge in [0.05, 0.1) is 25.0 Å². The highest BCUT2D eigenvalue weighted by atomic mass is 127. The van der Waals surface area contributed by atoms with Crippen LogP contribution in [0.4, 0.5) is 0 Å². The summed E-state index contributed by atoms with van der Waals surface area (Å²) in [7, 11) is 1.65. The number of benzene rings is 2. The lowest BCUT2D eigenvalue weighted by Gasteiger charge is -2.10. The van der Waals surface area contributed by atoms with Gasteiger partial charge >= 0.3 is 0 Å². The molecule has 3 rings (SSSR count). The SMILES string of the molecule is COc1c(I)cc(/C=N\NC(=O)COc2ccc(C3SCCS3)cc2)cc1I. The van der Waals surface area contributed by atoms with Crippen molar-refractivity contribution in [2.45, 2.75) is 4.58 Å². The van der Waals surface area contributed by atoms with Crippen LogP contribution in [0, 0.1) is 7.14 Å². The number of ether oxygens (including phenoxy) is 2. The predicted molar refractivity (Wildman–Crippen MR) is 134 cm³/mol. The highest BCUT2D eigenvalue weighted by molar-refractivity contribution is 14.1. The fraction of sp³-hybridized carbons (Fsp3) is 0.263. The van der Waals surface area contributed by atoms with Gasteiger partial charge in [0.25, 0.3) is 5.91 Å². The molecule has 9 heteroatoms. The van der Waals surface area contributed by atoms with E-state index in [0.717, 1.165) is 18.5 Å². The van der Waals surface area contributed by atoms with E-state index in [1.807, 2.05) is 47.8 Å². The Morgan fingerprint density at radius 3 is 2.46 bits per heavy atom. The Morgan fingerprint density at radius 2 is 1.86 bits per heavy atom. The van der Waals surface area contributed by atoms with Crippen molar-refractivity contribution in [3.05, 3.63) is 54.7 Å². The zero-order chi connectivity index (χ0) is 19.9. The Balaban J connectivity index is 1.47. The molecule has 1 heterocycles. The number of halogens is 2. The number of hydrogen-bond acceptors (Lipinski definition) is 6. The molecule has 0 atom stereocenters. The second kappa shape index (κ2) is 10.9. The number of carbonyl (C=O) groups is 1. The largest absolute Gasteiger partial charge is 0.495 e. The van der Waals surface area contributed by atoms with Gasteiger partial charge in [-0.2, -0.15) is 5.10 Å². The number of methoxy groups -OCH3 is 1. The van der Waals surface area contributed by atoms with Gasteiger partial charge in [0.2, 0.25) is 0 Å². The number of rotatable bonds is 7. The van der Waals surface area contributed by atoms with Gasteiger partial charge in [-0.3, -0.25) is 4.79 Å². The van der Waals surface area contributed by atoms with Crippen molar-refractivity contribution < 1.29 is 14.3 Å². The summed E-state index contributed by atoms with van der Waals surface area (Å²) in [5.41, 5.74) is 4.66. The number of hydrazone groups is 1. The topological polar surface area (TPSA) is 59.9 Å². The normalized spacial score (nSPS) is 14.4. The molecule has 5 nitrogen and oxygen atoms in total. The van der Waals surface area contributed by atoms with Crippen LogP contribution in [-0.4, -0.2) is 37.3 Å². The quantitative estimate of drug-likeness (QED) is 0.265. The van der Waals surface area contributed by atoms with Crippen molar-refractivity contribution in [1.82, 2.24) is 5.43 Å². The van der Waals surface area contributed by atoms with Crippen LogP contribution in [0.25, 0.3) is 0 Å². The molecule has 1 N–H and O–H groups in total. The van der Waals surface area contributed by atoms with Crippen molar-refractivity contribution >= 4 is 80.8 Å². The first kappa shape index (κ1) is 22.0. The molecule has 0 aromatic heterocycles. The fourth-order valence-corrected chi connectivity index (χ4v) is 7.60. The molecule has 1 amide bonds. The molecular weight excluding hydrogens is 622 g/mol. The Labute approximate surface area is 200 Å². The van der Waals surface area contributed by atoms with Crippen LogP contribution in [0.3, 0.4) is 0 Å². The van der Waals surface area contributed by atoms with Crippen molar-refractivity contribution in [2.75, 3.05) is 25.2 Å². The van der Waals surface area contributed by atoms with Crippen LogP contribution < -0.4 is 14.9 Å². The summed E-state index contributed by atoms with van der Waals surface area (Å²) in [6.45, 7) is -0.0820. The van der Waals surface area contributed by atoms with Crippen LogP contribution >= 0.6 is 68.7 Å². The van der Waals surface area contributed by atoms with Crippen molar-refractivity contribution in [3.8, 4) is 11.5 Å². The standard InChI is InChI=1S/C19H18I2N2O3S2/c1-25-18-15(20)8-12(9-16(18)21)10-22-23-17(24)11-26-14-4-2-13(3-5-14)19-27-6-7-28-19/h2-5,8-10,19H,6-7,11H2,1H3,(H,23,24)/b22-10-. The van der Waals surface area contributed by atoms with E-state index in [9.17, 15) is 4.79 Å². The lowest BCUT2D eigenvalue weighted by Crippen LogP contribution is -2.24. The molecular formula is C19H18I2N2O3S2. The zero-order valence-electron chi connectivity index (χ0n) is 15.0. The Hall–Kier alpha value is -0.660. The van der Waals surface area contributed by atoms with Gasteiger partial charge in [0.15, 0.2) is 6.61 Å². The van der Waals surface area contributed by atoms with Crippen LogP contribution in [0.2, 0.25) is 0 Å². The second-order valence-corrected chi connectivity index (χ2v) is 10.8. The van der Waals surface area contributed by atoms with E-state index in [-0.39, 0.29) is 12.5 Å². The Morgan fingerprint density at radius 1 is 1.21 bits per heavy atom. The smallest absolute Gasteiger partial charge is 0.277 e. The van der Waals surface area contributed by atoms with Crippen LogP contribution in [-0.2, 0) is 4.79 Å². The maximum atomic E-state index is 11.9. The van der Waals surface area contributed by atoms with Crippen LogP contribution in [0.5, 0.6) is 11.5 Å². The summed E-state index contributed by atoms with van der Waals surface area (Å²) in [5.74, 6) is 3.61. The fourth-order valence-electron chi connectivity index (χ4n) is 2.48. The van der Waals surface area contributed by atoms with Gasteiger partial charge in [-0.05, 0) is 80.6 Å². The average Bonchev–Trinajstić information content (AvgIpc) is 3.21. The molecule has 1 aliphatic heterocycles. The van der Waals surface area contributed by atoms with Crippen LogP contribution in [0.1, 0.15) is 15.7 Å². The van der Waals surface area contributed by atoms with Crippen molar-refractivity contribution in [2.24, 2.45) is 5.10 Å². The molecule has 0 spiro atoms. The molecule has 1 saturated heterocycles. The number of thioether (sulfide) groups is 2. The molecule has 0 saturated carbocycles. The van der Waals surface area contributed by atoms with E-state index in [1.165, 1.54) is 17.1 Å². The minimum atomic E-state index is -0.305. The highest BCUT2D eigenvalue weighted by Crippen LogP contribution is 2.45. The van der Waals surface area contributed by atoms with Gasteiger partial charge in [-0.1, -0.05) is 12.1 Å². The summed E-state index contributed by atoms with van der Waals surface area (Å²) in [5, 5.41) is 4.00. The third-order valence-corrected chi connectivity index (χ3v) is 8.48. The third kappa shape index (κ3) is 6.17. The molecule has 1 fully saturated rings. The number of nitrogens with zero attached hydrogens (tertiary/aromatic N) is 1. The number of carbonyl (C=O) groups excluding carboxylic acids is 1. The monoisotopic (exact) mass is 640 g/mol. The minimum Gasteiger partial charge on any atom is -0.495 e. The van der Waals surface area contributed by atoms with E-state index in [4.69, 9.17) is 9.47 Å². The predicted octanol–water partition coefficient (Wildman–Crippen LogP) is 4.91. The van der Waals surface area contributed by atoms with Gasteiger partial charge in [0, 0.05) is 11.5 Å². The highest BCUT2D eigenvalue weighted by Gasteiger charge is 2.18. The number of amides is 1. The Bertz CT molecular complexity index is 834. The van der Waals surface area contributed by atoms with E-state index < -0.39 is 0 Å². The molecule has 0 bridgehead atoms. The number of nitrogens with one attached hydrogen (secondary N) is 1. The van der Waals surface area contributed by atoms with E-state index >= 15 is 0 Å². The molecule has 2 aromatic rings. The maximum absolute atomic E-state index is 11.9. The van der Waals surface area contributed by atoms with E-state index in [0.29, 0.717) is 10.3 Å². The van der Waals surface area contributed by atoms with Gasteiger partial charge in [0.1, 0.15) is 11.5 Å². The van der Waals surface area contributed by atoms with Gasteiger partial charge in [-0.25, -0.2) is 5.43 Å². The number of hydrogen-bond donors (Lipinski definition) is 1. The maximum Gasteiger partial charge on any atom is 0.277 e. The van der Waals surface area contributed by atoms with E-state index in [1.54, 1.807) is 13.3 Å². The van der Waals surface area contributed by atoms with Crippen molar-refractivity contribution in [3.63, 3.8) is 0 Å². The summed E-state index contributed by atoms with van der Waals surface area (Å²) in [4.78, 5) is 11.9. The van der Waals surface area contributed by atoms with Crippen molar-refractivity contribution in [1.29, 1.82) is 0 Å². The van der Waals surface area contributed by atoms with E-state index in [2.05, 4.69) is 67.8 Å². The third-order valence-electron chi connectivity index (χ3n) is 3.77. The molecule has 28 heavy (non-hydrogen) atoms. The first-order valence-electron chi connectivity index (χ1n) is 8.37. The summed E-state index contributed by atoms with van der Waals surface area (Å²) in [6, 6.07) is 11.8. The summed E-state index contributed by atoms with van der Waals surface area (Å²) < 4.78 is 13.4. The van der Waals surface area contributed by atoms with Crippen LogP contribution in [0.15, 0.2) is 41.5 Å². The molecule has 2 aromatic carbocycles. The first-order valence-corrected chi connectivity index (χ1v) is 12.6. The minimum absolute atomic E-state index is 0.0820. The van der Waals surface area contributed by atoms with Gasteiger partial charge < -0.3 is 9.47 Å². The molecule has 0 aliphatic carbocycles.